The van der Waals surface area contributed by atoms with Gasteiger partial charge in [0, 0.05) is 12.6 Å². The summed E-state index contributed by atoms with van der Waals surface area (Å²) >= 11 is 0. The van der Waals surface area contributed by atoms with Crippen LogP contribution in [-0.2, 0) is 0 Å². The van der Waals surface area contributed by atoms with Crippen LogP contribution in [-0.4, -0.2) is 34.4 Å². The lowest BCUT2D eigenvalue weighted by Crippen LogP contribution is -2.26. The van der Waals surface area contributed by atoms with E-state index in [1.807, 2.05) is 0 Å². The monoisotopic (exact) mass is 171 g/mol. The Morgan fingerprint density at radius 1 is 1.58 bits per heavy atom. The van der Waals surface area contributed by atoms with Gasteiger partial charge in [-0.1, -0.05) is 0 Å². The highest BCUT2D eigenvalue weighted by Gasteiger charge is 2.05. The molecule has 0 atom stereocenters. The van der Waals surface area contributed by atoms with Crippen LogP contribution in [0.5, 0.6) is 0 Å². The molecule has 1 aromatic rings. The maximum atomic E-state index is 11.0. The number of carbonyl (C=O) groups excluding carboxylic acids is 1. The number of carbonyl (C=O) groups is 1. The van der Waals surface area contributed by atoms with Crippen molar-refractivity contribution in [2.45, 2.75) is 0 Å². The van der Waals surface area contributed by atoms with Gasteiger partial charge < -0.3 is 10.4 Å². The first-order chi connectivity index (χ1) is 5.74. The third-order valence-electron chi connectivity index (χ3n) is 1.24. The molecule has 0 aliphatic heterocycles. The fourth-order valence-corrected chi connectivity index (χ4v) is 0.719. The summed E-state index contributed by atoms with van der Waals surface area (Å²) in [5.74, 6) is -0.414. The molecule has 1 rings (SSSR count). The van der Waals surface area contributed by atoms with Crippen molar-refractivity contribution >= 4 is 5.91 Å². The van der Waals surface area contributed by atoms with E-state index in [2.05, 4.69) is 15.5 Å². The Hall–Kier alpha value is -1.56. The Kier molecular flexibility index (Phi) is 2.65. The minimum Gasteiger partial charge on any atom is -0.395 e. The van der Waals surface area contributed by atoms with E-state index < -0.39 is 5.91 Å². The quantitative estimate of drug-likeness (QED) is 0.442. The van der Waals surface area contributed by atoms with Crippen LogP contribution in [0.2, 0.25) is 0 Å². The standard InChI is InChI=1S/C6H9N3O3/c10-2-1-7-6(12)4-3-5(11)9-8-4/h3,10H,1-2H2,(H,7,12)(H2,8,9,11). The predicted octanol–water partition coefficient (Wildman–Crippen LogP) is -1.57. The number of aromatic amines is 2. The fourth-order valence-electron chi connectivity index (χ4n) is 0.719. The van der Waals surface area contributed by atoms with Gasteiger partial charge in [-0.25, -0.2) is 0 Å². The minimum atomic E-state index is -0.414. The van der Waals surface area contributed by atoms with Crippen molar-refractivity contribution in [1.29, 1.82) is 0 Å². The molecule has 0 aromatic carbocycles. The molecular weight excluding hydrogens is 162 g/mol. The molecule has 66 valence electrons. The van der Waals surface area contributed by atoms with Crippen LogP contribution in [0.25, 0.3) is 0 Å². The number of amides is 1. The molecule has 0 saturated carbocycles. The van der Waals surface area contributed by atoms with Gasteiger partial charge in [-0.05, 0) is 0 Å². The summed E-state index contributed by atoms with van der Waals surface area (Å²) in [4.78, 5) is 21.6. The number of aliphatic hydroxyl groups excluding tert-OH is 1. The molecule has 0 aliphatic rings. The predicted molar refractivity (Wildman–Crippen MR) is 40.8 cm³/mol. The average Bonchev–Trinajstić information content (AvgIpc) is 2.47. The van der Waals surface area contributed by atoms with E-state index in [9.17, 15) is 9.59 Å². The molecule has 0 unspecified atom stereocenters. The second-order valence-electron chi connectivity index (χ2n) is 2.15. The first kappa shape index (κ1) is 8.54. The number of hydrogen-bond acceptors (Lipinski definition) is 3. The molecule has 1 heterocycles. The first-order valence-electron chi connectivity index (χ1n) is 3.41. The van der Waals surface area contributed by atoms with Crippen LogP contribution in [0.4, 0.5) is 0 Å². The van der Waals surface area contributed by atoms with Gasteiger partial charge in [0.05, 0.1) is 6.61 Å². The van der Waals surface area contributed by atoms with E-state index in [1.54, 1.807) is 0 Å². The number of aliphatic hydroxyl groups is 1. The fraction of sp³-hybridized carbons (Fsp3) is 0.333. The van der Waals surface area contributed by atoms with Crippen LogP contribution in [0.15, 0.2) is 10.9 Å². The van der Waals surface area contributed by atoms with Gasteiger partial charge in [0.15, 0.2) is 0 Å². The van der Waals surface area contributed by atoms with Crippen LogP contribution in [0, 0.1) is 0 Å². The second-order valence-corrected chi connectivity index (χ2v) is 2.15. The highest BCUT2D eigenvalue weighted by molar-refractivity contribution is 5.91. The van der Waals surface area contributed by atoms with Crippen molar-refractivity contribution < 1.29 is 9.90 Å². The Balaban J connectivity index is 2.59. The number of H-pyrrole nitrogens is 2. The molecule has 1 aromatic heterocycles. The average molecular weight is 171 g/mol. The number of nitrogens with one attached hydrogen (secondary N) is 3. The zero-order chi connectivity index (χ0) is 8.97. The Morgan fingerprint density at radius 2 is 2.33 bits per heavy atom. The third-order valence-corrected chi connectivity index (χ3v) is 1.24. The lowest BCUT2D eigenvalue weighted by molar-refractivity contribution is 0.0940. The maximum Gasteiger partial charge on any atom is 0.269 e. The lowest BCUT2D eigenvalue weighted by atomic mass is 10.4. The van der Waals surface area contributed by atoms with E-state index in [4.69, 9.17) is 5.11 Å². The van der Waals surface area contributed by atoms with E-state index in [0.29, 0.717) is 0 Å². The van der Waals surface area contributed by atoms with Gasteiger partial charge in [0.1, 0.15) is 5.69 Å². The van der Waals surface area contributed by atoms with E-state index in [-0.39, 0.29) is 24.4 Å². The highest BCUT2D eigenvalue weighted by atomic mass is 16.3. The van der Waals surface area contributed by atoms with Crippen LogP contribution >= 0.6 is 0 Å². The Morgan fingerprint density at radius 3 is 2.83 bits per heavy atom. The molecular formula is C6H9N3O3. The van der Waals surface area contributed by atoms with Gasteiger partial charge in [0.25, 0.3) is 11.5 Å². The molecule has 0 saturated heterocycles. The number of rotatable bonds is 3. The van der Waals surface area contributed by atoms with E-state index in [1.165, 1.54) is 0 Å². The molecule has 0 fully saturated rings. The van der Waals surface area contributed by atoms with Crippen molar-refractivity contribution in [3.63, 3.8) is 0 Å². The van der Waals surface area contributed by atoms with Gasteiger partial charge >= 0.3 is 0 Å². The molecule has 12 heavy (non-hydrogen) atoms. The zero-order valence-corrected chi connectivity index (χ0v) is 6.26. The molecule has 0 aliphatic carbocycles. The molecule has 6 nitrogen and oxygen atoms in total. The van der Waals surface area contributed by atoms with Crippen molar-refractivity contribution in [3.8, 4) is 0 Å². The second kappa shape index (κ2) is 3.72. The molecule has 0 radical (unpaired) electrons. The third kappa shape index (κ3) is 1.96. The summed E-state index contributed by atoms with van der Waals surface area (Å²) in [5.41, 5.74) is -0.197. The first-order valence-corrected chi connectivity index (χ1v) is 3.41. The molecule has 0 bridgehead atoms. The minimum absolute atomic E-state index is 0.125. The van der Waals surface area contributed by atoms with Gasteiger partial charge in [-0.15, -0.1) is 0 Å². The van der Waals surface area contributed by atoms with Gasteiger partial charge in [0.2, 0.25) is 0 Å². The van der Waals surface area contributed by atoms with Crippen molar-refractivity contribution in [2.24, 2.45) is 0 Å². The lowest BCUT2D eigenvalue weighted by Gasteiger charge is -1.98. The number of aromatic nitrogens is 2. The zero-order valence-electron chi connectivity index (χ0n) is 6.26. The summed E-state index contributed by atoms with van der Waals surface area (Å²) in [6.07, 6.45) is 0. The Bertz CT molecular complexity index is 314. The summed E-state index contributed by atoms with van der Waals surface area (Å²) in [5, 5.41) is 15.4. The van der Waals surface area contributed by atoms with Gasteiger partial charge in [-0.2, -0.15) is 0 Å². The summed E-state index contributed by atoms with van der Waals surface area (Å²) < 4.78 is 0. The number of hydrogen-bond donors (Lipinski definition) is 4. The van der Waals surface area contributed by atoms with Crippen LogP contribution in [0.1, 0.15) is 10.5 Å². The highest BCUT2D eigenvalue weighted by Crippen LogP contribution is 1.85. The Labute approximate surface area is 67.6 Å². The largest absolute Gasteiger partial charge is 0.395 e. The molecule has 1 amide bonds. The molecule has 4 N–H and O–H groups in total. The van der Waals surface area contributed by atoms with E-state index >= 15 is 0 Å². The SMILES string of the molecule is O=C(NCCO)c1cc(=O)[nH][nH]1. The van der Waals surface area contributed by atoms with Gasteiger partial charge in [-0.3, -0.25) is 19.8 Å². The summed E-state index contributed by atoms with van der Waals surface area (Å²) in [6, 6.07) is 1.15. The van der Waals surface area contributed by atoms with Crippen molar-refractivity contribution in [1.82, 2.24) is 15.5 Å². The summed E-state index contributed by atoms with van der Waals surface area (Å²) in [7, 11) is 0. The van der Waals surface area contributed by atoms with Crippen LogP contribution < -0.4 is 10.9 Å². The normalized spacial score (nSPS) is 9.75. The summed E-state index contributed by atoms with van der Waals surface area (Å²) in [6.45, 7) is 0.0481. The smallest absolute Gasteiger partial charge is 0.269 e. The van der Waals surface area contributed by atoms with Crippen molar-refractivity contribution in [3.05, 3.63) is 22.1 Å². The van der Waals surface area contributed by atoms with Crippen LogP contribution in [0.3, 0.4) is 0 Å². The molecule has 6 heteroatoms. The molecule has 0 spiro atoms. The van der Waals surface area contributed by atoms with E-state index in [0.717, 1.165) is 6.07 Å². The van der Waals surface area contributed by atoms with Crippen molar-refractivity contribution in [2.75, 3.05) is 13.2 Å². The maximum absolute atomic E-state index is 11.0. The topological polar surface area (TPSA) is 98.0 Å².